The minimum absolute atomic E-state index is 0.0918. The normalized spacial score (nSPS) is 11.3. The average Bonchev–Trinajstić information content (AvgIpc) is 2.82. The summed E-state index contributed by atoms with van der Waals surface area (Å²) in [7, 11) is 1.38. The van der Waals surface area contributed by atoms with E-state index >= 15 is 0 Å². The lowest BCUT2D eigenvalue weighted by Gasteiger charge is -2.13. The van der Waals surface area contributed by atoms with Crippen LogP contribution < -0.4 is 10.6 Å². The third kappa shape index (κ3) is 3.48. The van der Waals surface area contributed by atoms with Gasteiger partial charge in [0.05, 0.1) is 5.56 Å². The first-order chi connectivity index (χ1) is 9.81. The van der Waals surface area contributed by atoms with Crippen LogP contribution in [0.15, 0.2) is 18.2 Å². The second-order valence-electron chi connectivity index (χ2n) is 4.09. The van der Waals surface area contributed by atoms with Gasteiger partial charge in [0.25, 0.3) is 5.91 Å². The van der Waals surface area contributed by atoms with E-state index in [0.717, 1.165) is 17.4 Å². The Morgan fingerprint density at radius 3 is 2.52 bits per heavy atom. The molecule has 0 saturated carbocycles. The summed E-state index contributed by atoms with van der Waals surface area (Å²) in [5, 5.41) is 13.1. The fraction of sp³-hybridized carbons (Fsp3) is 0.250. The number of aryl methyl sites for hydroxylation is 1. The molecule has 2 rings (SSSR count). The molecule has 2 aromatic rings. The number of carbonyl (C=O) groups is 1. The molecule has 1 heterocycles. The van der Waals surface area contributed by atoms with Gasteiger partial charge in [-0.15, -0.1) is 10.2 Å². The quantitative estimate of drug-likeness (QED) is 0.913. The van der Waals surface area contributed by atoms with Crippen LogP contribution in [0.2, 0.25) is 0 Å². The van der Waals surface area contributed by atoms with Crippen LogP contribution in [0, 0.1) is 6.92 Å². The van der Waals surface area contributed by atoms with Crippen LogP contribution in [0.1, 0.15) is 20.9 Å². The van der Waals surface area contributed by atoms with Crippen LogP contribution in [0.5, 0.6) is 0 Å². The molecule has 0 aliphatic heterocycles. The van der Waals surface area contributed by atoms with E-state index in [1.807, 2.05) is 0 Å². The minimum Gasteiger partial charge on any atom is -0.388 e. The number of hydrogen-bond acceptors (Lipinski definition) is 5. The molecule has 0 spiro atoms. The largest absolute Gasteiger partial charge is 0.418 e. The Kier molecular flexibility index (Phi) is 4.12. The minimum atomic E-state index is -4.55. The highest BCUT2D eigenvalue weighted by atomic mass is 32.1. The molecule has 0 unspecified atom stereocenters. The Hall–Kier alpha value is -2.16. The van der Waals surface area contributed by atoms with E-state index in [1.165, 1.54) is 19.2 Å². The monoisotopic (exact) mass is 316 g/mol. The number of carbonyl (C=O) groups excluding carboxylic acids is 1. The third-order valence-corrected chi connectivity index (χ3v) is 3.36. The zero-order valence-corrected chi connectivity index (χ0v) is 11.9. The van der Waals surface area contributed by atoms with Gasteiger partial charge < -0.3 is 5.32 Å². The second kappa shape index (κ2) is 5.68. The number of hydrogen-bond donors (Lipinski definition) is 2. The Bertz CT molecular complexity index is 669. The molecule has 0 aliphatic rings. The van der Waals surface area contributed by atoms with Crippen molar-refractivity contribution in [2.24, 2.45) is 0 Å². The van der Waals surface area contributed by atoms with Gasteiger partial charge in [-0.25, -0.2) is 0 Å². The van der Waals surface area contributed by atoms with Crippen molar-refractivity contribution in [2.45, 2.75) is 13.1 Å². The Labute approximate surface area is 122 Å². The van der Waals surface area contributed by atoms with Crippen LogP contribution in [0.4, 0.5) is 24.0 Å². The van der Waals surface area contributed by atoms with Crippen LogP contribution in [0.3, 0.4) is 0 Å². The van der Waals surface area contributed by atoms with E-state index in [0.29, 0.717) is 5.01 Å². The molecule has 0 bridgehead atoms. The molecule has 9 heteroatoms. The molecule has 1 aromatic heterocycles. The summed E-state index contributed by atoms with van der Waals surface area (Å²) in [6.07, 6.45) is -4.55. The number of aromatic nitrogens is 2. The summed E-state index contributed by atoms with van der Waals surface area (Å²) in [5.74, 6) is -0.667. The number of halogens is 3. The fourth-order valence-electron chi connectivity index (χ4n) is 1.65. The van der Waals surface area contributed by atoms with Gasteiger partial charge in [0.1, 0.15) is 5.01 Å². The maximum Gasteiger partial charge on any atom is 0.418 e. The van der Waals surface area contributed by atoms with Gasteiger partial charge in [0.2, 0.25) is 5.13 Å². The number of amides is 1. The van der Waals surface area contributed by atoms with E-state index in [2.05, 4.69) is 20.8 Å². The van der Waals surface area contributed by atoms with Gasteiger partial charge in [-0.3, -0.25) is 10.1 Å². The first kappa shape index (κ1) is 15.2. The molecule has 0 fully saturated rings. The van der Waals surface area contributed by atoms with E-state index in [4.69, 9.17) is 0 Å². The summed E-state index contributed by atoms with van der Waals surface area (Å²) in [4.78, 5) is 11.9. The molecule has 0 aliphatic carbocycles. The Morgan fingerprint density at radius 1 is 1.29 bits per heavy atom. The van der Waals surface area contributed by atoms with Crippen molar-refractivity contribution in [1.82, 2.24) is 10.2 Å². The fourth-order valence-corrected chi connectivity index (χ4v) is 2.24. The number of nitrogens with one attached hydrogen (secondary N) is 2. The summed E-state index contributed by atoms with van der Waals surface area (Å²) >= 11 is 1.14. The zero-order valence-electron chi connectivity index (χ0n) is 11.1. The van der Waals surface area contributed by atoms with Crippen molar-refractivity contribution in [3.8, 4) is 0 Å². The maximum atomic E-state index is 12.9. The van der Waals surface area contributed by atoms with Crippen LogP contribution in [-0.4, -0.2) is 23.2 Å². The van der Waals surface area contributed by atoms with Crippen molar-refractivity contribution in [2.75, 3.05) is 17.7 Å². The van der Waals surface area contributed by atoms with E-state index in [1.54, 1.807) is 6.92 Å². The summed E-state index contributed by atoms with van der Waals surface area (Å²) in [5.41, 5.74) is -1.09. The molecule has 112 valence electrons. The SMILES string of the molecule is CNc1ccc(C(=O)Nc2nnc(C)s2)cc1C(F)(F)F. The summed E-state index contributed by atoms with van der Waals surface area (Å²) in [6.45, 7) is 1.71. The number of anilines is 2. The number of rotatable bonds is 3. The molecule has 0 atom stereocenters. The average molecular weight is 316 g/mol. The highest BCUT2D eigenvalue weighted by molar-refractivity contribution is 7.15. The van der Waals surface area contributed by atoms with Crippen LogP contribution in [0.25, 0.3) is 0 Å². The smallest absolute Gasteiger partial charge is 0.388 e. The van der Waals surface area contributed by atoms with E-state index in [-0.39, 0.29) is 16.4 Å². The molecular formula is C12H11F3N4OS. The van der Waals surface area contributed by atoms with Crippen molar-refractivity contribution < 1.29 is 18.0 Å². The molecule has 0 saturated heterocycles. The zero-order chi connectivity index (χ0) is 15.6. The Balaban J connectivity index is 2.29. The summed E-state index contributed by atoms with van der Waals surface area (Å²) in [6, 6.07) is 3.32. The molecule has 0 radical (unpaired) electrons. The van der Waals surface area contributed by atoms with E-state index < -0.39 is 17.6 Å². The molecule has 1 aromatic carbocycles. The molecule has 21 heavy (non-hydrogen) atoms. The lowest BCUT2D eigenvalue weighted by Crippen LogP contribution is -2.15. The van der Waals surface area contributed by atoms with E-state index in [9.17, 15) is 18.0 Å². The standard InChI is InChI=1S/C12H11F3N4OS/c1-6-18-19-11(21-6)17-10(20)7-3-4-9(16-2)8(5-7)12(13,14)15/h3-5,16H,1-2H3,(H,17,19,20). The maximum absolute atomic E-state index is 12.9. The number of benzene rings is 1. The lowest BCUT2D eigenvalue weighted by atomic mass is 10.1. The first-order valence-corrected chi connectivity index (χ1v) is 6.63. The molecular weight excluding hydrogens is 305 g/mol. The summed E-state index contributed by atoms with van der Waals surface area (Å²) < 4.78 is 38.8. The Morgan fingerprint density at radius 2 is 2.00 bits per heavy atom. The number of nitrogens with zero attached hydrogens (tertiary/aromatic N) is 2. The topological polar surface area (TPSA) is 66.9 Å². The predicted octanol–water partition coefficient (Wildman–Crippen LogP) is 3.16. The molecule has 5 nitrogen and oxygen atoms in total. The van der Waals surface area contributed by atoms with Gasteiger partial charge in [0.15, 0.2) is 0 Å². The van der Waals surface area contributed by atoms with Gasteiger partial charge in [-0.2, -0.15) is 13.2 Å². The van der Waals surface area contributed by atoms with Gasteiger partial charge in [0, 0.05) is 18.3 Å². The van der Waals surface area contributed by atoms with Gasteiger partial charge >= 0.3 is 6.18 Å². The second-order valence-corrected chi connectivity index (χ2v) is 5.27. The highest BCUT2D eigenvalue weighted by Crippen LogP contribution is 2.35. The van der Waals surface area contributed by atoms with Gasteiger partial charge in [-0.1, -0.05) is 11.3 Å². The molecule has 1 amide bonds. The van der Waals surface area contributed by atoms with Gasteiger partial charge in [-0.05, 0) is 25.1 Å². The predicted molar refractivity (Wildman–Crippen MR) is 73.6 cm³/mol. The van der Waals surface area contributed by atoms with Crippen molar-refractivity contribution in [1.29, 1.82) is 0 Å². The van der Waals surface area contributed by atoms with Crippen molar-refractivity contribution >= 4 is 28.1 Å². The number of alkyl halides is 3. The van der Waals surface area contributed by atoms with Crippen LogP contribution in [-0.2, 0) is 6.18 Å². The third-order valence-electron chi connectivity index (χ3n) is 2.60. The van der Waals surface area contributed by atoms with Crippen molar-refractivity contribution in [3.05, 3.63) is 34.3 Å². The first-order valence-electron chi connectivity index (χ1n) is 5.81. The highest BCUT2D eigenvalue weighted by Gasteiger charge is 2.34. The molecule has 2 N–H and O–H groups in total. The van der Waals surface area contributed by atoms with Crippen LogP contribution >= 0.6 is 11.3 Å². The lowest BCUT2D eigenvalue weighted by molar-refractivity contribution is -0.136. The van der Waals surface area contributed by atoms with Crippen molar-refractivity contribution in [3.63, 3.8) is 0 Å².